The molecule has 100 valence electrons. The maximum atomic E-state index is 11.1. The van der Waals surface area contributed by atoms with Gasteiger partial charge in [-0.15, -0.1) is 0 Å². The summed E-state index contributed by atoms with van der Waals surface area (Å²) in [4.78, 5) is 19.4. The van der Waals surface area contributed by atoms with Crippen molar-refractivity contribution in [2.45, 2.75) is 39.2 Å². The molecule has 0 saturated carbocycles. The smallest absolute Gasteiger partial charge is 0.355 e. The van der Waals surface area contributed by atoms with Crippen LogP contribution in [0.2, 0.25) is 0 Å². The zero-order valence-electron chi connectivity index (χ0n) is 10.7. The van der Waals surface area contributed by atoms with Crippen LogP contribution in [0.5, 0.6) is 0 Å². The van der Waals surface area contributed by atoms with Gasteiger partial charge in [-0.1, -0.05) is 13.8 Å². The Morgan fingerprint density at radius 3 is 2.50 bits per heavy atom. The van der Waals surface area contributed by atoms with E-state index in [0.29, 0.717) is 29.7 Å². The Morgan fingerprint density at radius 2 is 2.06 bits per heavy atom. The summed E-state index contributed by atoms with van der Waals surface area (Å²) in [5.41, 5.74) is -0.648. The largest absolute Gasteiger partial charge is 0.476 e. The molecule has 0 amide bonds. The number of rotatable bonds is 6. The monoisotopic (exact) mass is 316 g/mol. The van der Waals surface area contributed by atoms with Gasteiger partial charge in [0.1, 0.15) is 5.60 Å². The van der Waals surface area contributed by atoms with E-state index in [0.717, 1.165) is 0 Å². The van der Waals surface area contributed by atoms with E-state index in [1.807, 2.05) is 20.8 Å². The molecule has 6 heteroatoms. The zero-order valence-corrected chi connectivity index (χ0v) is 12.3. The molecule has 0 aromatic carbocycles. The molecule has 0 aliphatic carbocycles. The van der Waals surface area contributed by atoms with Crippen LogP contribution >= 0.6 is 15.9 Å². The van der Waals surface area contributed by atoms with Crippen molar-refractivity contribution in [3.63, 3.8) is 0 Å². The first-order valence-electron chi connectivity index (χ1n) is 5.91. The summed E-state index contributed by atoms with van der Waals surface area (Å²) in [5, 5.41) is 9.07. The summed E-state index contributed by atoms with van der Waals surface area (Å²) in [7, 11) is 0. The molecule has 1 aromatic rings. The topological polar surface area (TPSA) is 72.3 Å². The second-order valence-electron chi connectivity index (χ2n) is 3.83. The van der Waals surface area contributed by atoms with Crippen LogP contribution in [0.4, 0.5) is 0 Å². The maximum absolute atomic E-state index is 11.1. The first-order chi connectivity index (χ1) is 8.50. The predicted octanol–water partition coefficient (Wildman–Crippen LogP) is 2.99. The quantitative estimate of drug-likeness (QED) is 0.873. The fourth-order valence-electron chi connectivity index (χ4n) is 1.85. The lowest BCUT2D eigenvalue weighted by Crippen LogP contribution is -2.31. The highest BCUT2D eigenvalue weighted by Gasteiger charge is 2.33. The molecule has 18 heavy (non-hydrogen) atoms. The Labute approximate surface area is 115 Å². The zero-order chi connectivity index (χ0) is 13.8. The van der Waals surface area contributed by atoms with Crippen LogP contribution in [0.3, 0.4) is 0 Å². The van der Waals surface area contributed by atoms with Crippen molar-refractivity contribution < 1.29 is 14.6 Å². The van der Waals surface area contributed by atoms with E-state index >= 15 is 0 Å². The van der Waals surface area contributed by atoms with E-state index in [2.05, 4.69) is 25.9 Å². The molecule has 0 bridgehead atoms. The first kappa shape index (κ1) is 15.0. The Bertz CT molecular complexity index is 433. The average Bonchev–Trinajstić information content (AvgIpc) is 2.36. The van der Waals surface area contributed by atoms with Crippen molar-refractivity contribution in [2.24, 2.45) is 0 Å². The number of hydrogen-bond acceptors (Lipinski definition) is 4. The highest BCUT2D eigenvalue weighted by molar-refractivity contribution is 9.10. The van der Waals surface area contributed by atoms with Crippen LogP contribution < -0.4 is 0 Å². The summed E-state index contributed by atoms with van der Waals surface area (Å²) >= 11 is 3.13. The average molecular weight is 317 g/mol. The standard InChI is InChI=1S/C12H17BrN2O3/c1-4-12(5-2,18-6-3)11-14-7-8(13)9(15-11)10(16)17/h7H,4-6H2,1-3H3,(H,16,17). The number of ether oxygens (including phenoxy) is 1. The van der Waals surface area contributed by atoms with Crippen LogP contribution in [0.1, 0.15) is 49.9 Å². The molecular formula is C12H17BrN2O3. The van der Waals surface area contributed by atoms with Crippen molar-refractivity contribution in [3.8, 4) is 0 Å². The van der Waals surface area contributed by atoms with Crippen molar-refractivity contribution in [3.05, 3.63) is 22.2 Å². The van der Waals surface area contributed by atoms with Crippen molar-refractivity contribution in [1.29, 1.82) is 0 Å². The summed E-state index contributed by atoms with van der Waals surface area (Å²) in [6.07, 6.45) is 2.85. The first-order valence-corrected chi connectivity index (χ1v) is 6.70. The fourth-order valence-corrected chi connectivity index (χ4v) is 2.21. The molecule has 0 spiro atoms. The SMILES string of the molecule is CCOC(CC)(CC)c1ncc(Br)c(C(=O)O)n1. The van der Waals surface area contributed by atoms with Crippen molar-refractivity contribution in [1.82, 2.24) is 9.97 Å². The molecular weight excluding hydrogens is 300 g/mol. The van der Waals surface area contributed by atoms with Crippen LogP contribution in [0.15, 0.2) is 10.7 Å². The highest BCUT2D eigenvalue weighted by atomic mass is 79.9. The fraction of sp³-hybridized carbons (Fsp3) is 0.583. The van der Waals surface area contributed by atoms with Gasteiger partial charge in [0.05, 0.1) is 4.47 Å². The molecule has 5 nitrogen and oxygen atoms in total. The number of hydrogen-bond donors (Lipinski definition) is 1. The van der Waals surface area contributed by atoms with E-state index in [1.54, 1.807) is 0 Å². The Morgan fingerprint density at radius 1 is 1.44 bits per heavy atom. The van der Waals surface area contributed by atoms with E-state index in [9.17, 15) is 4.79 Å². The highest BCUT2D eigenvalue weighted by Crippen LogP contribution is 2.31. The summed E-state index contributed by atoms with van der Waals surface area (Å²) in [6, 6.07) is 0. The molecule has 1 heterocycles. The van der Waals surface area contributed by atoms with Crippen molar-refractivity contribution >= 4 is 21.9 Å². The maximum Gasteiger partial charge on any atom is 0.355 e. The third kappa shape index (κ3) is 2.87. The lowest BCUT2D eigenvalue weighted by molar-refractivity contribution is -0.0573. The molecule has 0 aliphatic rings. The summed E-state index contributed by atoms with van der Waals surface area (Å²) in [6.45, 7) is 6.39. The minimum Gasteiger partial charge on any atom is -0.476 e. The lowest BCUT2D eigenvalue weighted by Gasteiger charge is -2.29. The van der Waals surface area contributed by atoms with Gasteiger partial charge in [0, 0.05) is 12.8 Å². The Kier molecular flexibility index (Phi) is 5.22. The number of nitrogens with zero attached hydrogens (tertiary/aromatic N) is 2. The number of carboxylic acids is 1. The van der Waals surface area contributed by atoms with Gasteiger partial charge in [-0.25, -0.2) is 14.8 Å². The molecule has 0 unspecified atom stereocenters. The number of aromatic nitrogens is 2. The van der Waals surface area contributed by atoms with Crippen molar-refractivity contribution in [2.75, 3.05) is 6.61 Å². The molecule has 1 N–H and O–H groups in total. The summed E-state index contributed by atoms with van der Waals surface area (Å²) < 4.78 is 6.13. The predicted molar refractivity (Wildman–Crippen MR) is 70.6 cm³/mol. The number of aromatic carboxylic acids is 1. The Hall–Kier alpha value is -1.01. The second-order valence-corrected chi connectivity index (χ2v) is 4.68. The summed E-state index contributed by atoms with van der Waals surface area (Å²) in [5.74, 6) is -0.655. The minimum atomic E-state index is -1.08. The molecule has 0 saturated heterocycles. The van der Waals surface area contributed by atoms with Gasteiger partial charge in [-0.3, -0.25) is 0 Å². The van der Waals surface area contributed by atoms with E-state index in [1.165, 1.54) is 6.20 Å². The minimum absolute atomic E-state index is 0.0361. The van der Waals surface area contributed by atoms with Crippen LogP contribution in [0.25, 0.3) is 0 Å². The van der Waals surface area contributed by atoms with Crippen LogP contribution in [-0.2, 0) is 10.3 Å². The van der Waals surface area contributed by atoms with Crippen LogP contribution in [0, 0.1) is 0 Å². The molecule has 0 atom stereocenters. The van der Waals surface area contributed by atoms with E-state index in [-0.39, 0.29) is 5.69 Å². The molecule has 1 rings (SSSR count). The number of carboxylic acid groups (broad SMARTS) is 1. The number of carbonyl (C=O) groups is 1. The molecule has 1 aromatic heterocycles. The van der Waals surface area contributed by atoms with E-state index < -0.39 is 11.6 Å². The molecule has 0 fully saturated rings. The number of halogens is 1. The van der Waals surface area contributed by atoms with Crippen LogP contribution in [-0.4, -0.2) is 27.7 Å². The van der Waals surface area contributed by atoms with Gasteiger partial charge in [-0.05, 0) is 35.7 Å². The van der Waals surface area contributed by atoms with E-state index in [4.69, 9.17) is 9.84 Å². The van der Waals surface area contributed by atoms with Gasteiger partial charge < -0.3 is 9.84 Å². The van der Waals surface area contributed by atoms with Gasteiger partial charge in [-0.2, -0.15) is 0 Å². The molecule has 0 aliphatic heterocycles. The lowest BCUT2D eigenvalue weighted by atomic mass is 9.96. The van der Waals surface area contributed by atoms with Gasteiger partial charge in [0.2, 0.25) is 0 Å². The third-order valence-corrected chi connectivity index (χ3v) is 3.50. The van der Waals surface area contributed by atoms with Gasteiger partial charge in [0.15, 0.2) is 11.5 Å². The second kappa shape index (κ2) is 6.24. The third-order valence-electron chi connectivity index (χ3n) is 2.92. The molecule has 0 radical (unpaired) electrons. The van der Waals surface area contributed by atoms with Gasteiger partial charge >= 0.3 is 5.97 Å². The van der Waals surface area contributed by atoms with Gasteiger partial charge in [0.25, 0.3) is 0 Å². The normalized spacial score (nSPS) is 11.6. The Balaban J connectivity index is 3.29.